The number of hydrogen-bond donors (Lipinski definition) is 1. The van der Waals surface area contributed by atoms with Gasteiger partial charge in [0.05, 0.1) is 16.0 Å². The van der Waals surface area contributed by atoms with Gasteiger partial charge >= 0.3 is 0 Å². The van der Waals surface area contributed by atoms with Gasteiger partial charge in [-0.25, -0.2) is 9.97 Å². The number of non-ortho nitro benzene ring substituents is 1. The normalized spacial score (nSPS) is 10.8. The number of nitro groups is 1. The van der Waals surface area contributed by atoms with E-state index in [2.05, 4.69) is 41.8 Å². The molecule has 0 aliphatic carbocycles. The molecule has 0 amide bonds. The lowest BCUT2D eigenvalue weighted by atomic mass is 10.2. The Morgan fingerprint density at radius 2 is 1.38 bits per heavy atom. The van der Waals surface area contributed by atoms with Crippen LogP contribution < -0.4 is 10.6 Å². The molecule has 1 heterocycles. The van der Waals surface area contributed by atoms with Crippen LogP contribution in [0.15, 0.2) is 75.7 Å². The number of nitrogen functional groups attached to an aromatic ring is 1. The molecular formula is C20H13Br2N5O2. The van der Waals surface area contributed by atoms with Gasteiger partial charge in [-0.15, -0.1) is 0 Å². The topological polar surface area (TPSA) is 98.2 Å². The fraction of sp³-hybridized carbons (Fsp3) is 0. The van der Waals surface area contributed by atoms with E-state index in [4.69, 9.17) is 5.73 Å². The number of fused-ring (bicyclic) bond motifs is 1. The predicted molar refractivity (Wildman–Crippen MR) is 121 cm³/mol. The predicted octanol–water partition coefficient (Wildman–Crippen LogP) is 6.12. The minimum absolute atomic E-state index is 0.0543. The molecule has 0 aliphatic heterocycles. The molecule has 0 spiro atoms. The molecular weight excluding hydrogens is 502 g/mol. The number of anilines is 4. The smallest absolute Gasteiger partial charge is 0.271 e. The highest BCUT2D eigenvalue weighted by atomic mass is 79.9. The summed E-state index contributed by atoms with van der Waals surface area (Å²) >= 11 is 6.89. The number of halogens is 2. The molecule has 0 saturated carbocycles. The Hall–Kier alpha value is -3.04. The van der Waals surface area contributed by atoms with Crippen molar-refractivity contribution in [2.45, 2.75) is 0 Å². The monoisotopic (exact) mass is 513 g/mol. The molecule has 9 heteroatoms. The molecule has 7 nitrogen and oxygen atoms in total. The Bertz CT molecular complexity index is 1170. The van der Waals surface area contributed by atoms with Crippen LogP contribution in [0, 0.1) is 10.1 Å². The van der Waals surface area contributed by atoms with Gasteiger partial charge in [-0.1, -0.05) is 31.9 Å². The van der Waals surface area contributed by atoms with Gasteiger partial charge in [0.15, 0.2) is 11.6 Å². The average Bonchev–Trinajstić information content (AvgIpc) is 2.71. The third kappa shape index (κ3) is 3.92. The highest BCUT2D eigenvalue weighted by molar-refractivity contribution is 9.10. The van der Waals surface area contributed by atoms with Crippen LogP contribution in [0.3, 0.4) is 0 Å². The quantitative estimate of drug-likeness (QED) is 0.260. The molecule has 4 aromatic rings. The number of nitrogens with zero attached hydrogens (tertiary/aromatic N) is 4. The number of nitrogens with two attached hydrogens (primary N) is 1. The molecule has 0 radical (unpaired) electrons. The van der Waals surface area contributed by atoms with Crippen molar-refractivity contribution in [2.75, 3.05) is 10.6 Å². The second kappa shape index (κ2) is 7.76. The summed E-state index contributed by atoms with van der Waals surface area (Å²) in [5.74, 6) is 0.611. The van der Waals surface area contributed by atoms with Gasteiger partial charge in [0.2, 0.25) is 0 Å². The summed E-state index contributed by atoms with van der Waals surface area (Å²) in [5, 5.41) is 11.2. The van der Waals surface area contributed by atoms with Crippen LogP contribution in [0.1, 0.15) is 0 Å². The lowest BCUT2D eigenvalue weighted by Crippen LogP contribution is -2.14. The Morgan fingerprint density at radius 1 is 0.828 bits per heavy atom. The fourth-order valence-corrected chi connectivity index (χ4v) is 3.43. The summed E-state index contributed by atoms with van der Waals surface area (Å²) in [6.45, 7) is 0. The van der Waals surface area contributed by atoms with E-state index < -0.39 is 4.92 Å². The zero-order valence-electron chi connectivity index (χ0n) is 14.8. The first-order chi connectivity index (χ1) is 13.9. The van der Waals surface area contributed by atoms with Gasteiger partial charge in [0, 0.05) is 32.5 Å². The van der Waals surface area contributed by atoms with Crippen LogP contribution >= 0.6 is 31.9 Å². The summed E-state index contributed by atoms with van der Waals surface area (Å²) in [7, 11) is 0. The highest BCUT2D eigenvalue weighted by Crippen LogP contribution is 2.37. The van der Waals surface area contributed by atoms with E-state index in [9.17, 15) is 10.1 Å². The van der Waals surface area contributed by atoms with Gasteiger partial charge in [-0.2, -0.15) is 0 Å². The lowest BCUT2D eigenvalue weighted by Gasteiger charge is -2.25. The molecule has 144 valence electrons. The molecule has 29 heavy (non-hydrogen) atoms. The highest BCUT2D eigenvalue weighted by Gasteiger charge is 2.19. The largest absolute Gasteiger partial charge is 0.381 e. The van der Waals surface area contributed by atoms with Crippen LogP contribution in [0.4, 0.5) is 28.7 Å². The van der Waals surface area contributed by atoms with Crippen molar-refractivity contribution in [1.29, 1.82) is 0 Å². The maximum Gasteiger partial charge on any atom is 0.271 e. The summed E-state index contributed by atoms with van der Waals surface area (Å²) < 4.78 is 1.87. The number of benzene rings is 3. The number of aromatic nitrogens is 2. The second-order valence-electron chi connectivity index (χ2n) is 6.15. The zero-order chi connectivity index (χ0) is 20.5. The molecule has 0 fully saturated rings. The van der Waals surface area contributed by atoms with E-state index in [1.165, 1.54) is 12.1 Å². The van der Waals surface area contributed by atoms with Crippen molar-refractivity contribution < 1.29 is 4.92 Å². The standard InChI is InChI=1S/C20H13Br2N5O2/c21-12-1-5-14(6-2-12)26(15-7-3-13(22)4-8-15)20-19(23)24-17-10-9-16(27(28)29)11-18(17)25-20/h1-11H,(H2,23,24). The Kier molecular flexibility index (Phi) is 5.16. The van der Waals surface area contributed by atoms with Crippen LogP contribution in [0.5, 0.6) is 0 Å². The lowest BCUT2D eigenvalue weighted by molar-refractivity contribution is -0.384. The van der Waals surface area contributed by atoms with E-state index in [0.717, 1.165) is 20.3 Å². The Labute approximate surface area is 182 Å². The van der Waals surface area contributed by atoms with Gasteiger partial charge in [-0.3, -0.25) is 15.0 Å². The molecule has 0 atom stereocenters. The fourth-order valence-electron chi connectivity index (χ4n) is 2.90. The number of hydrogen-bond acceptors (Lipinski definition) is 6. The minimum atomic E-state index is -0.460. The molecule has 0 bridgehead atoms. The molecule has 0 saturated heterocycles. The number of nitro benzene ring substituents is 1. The van der Waals surface area contributed by atoms with E-state index in [-0.39, 0.29) is 11.5 Å². The van der Waals surface area contributed by atoms with Crippen LogP contribution in [-0.2, 0) is 0 Å². The Balaban J connectivity index is 1.94. The SMILES string of the molecule is Nc1nc2ccc([N+](=O)[O-])cc2nc1N(c1ccc(Br)cc1)c1ccc(Br)cc1. The van der Waals surface area contributed by atoms with Gasteiger partial charge in [0.25, 0.3) is 5.69 Å². The van der Waals surface area contributed by atoms with Crippen molar-refractivity contribution in [3.63, 3.8) is 0 Å². The van der Waals surface area contributed by atoms with Crippen LogP contribution in [0.25, 0.3) is 11.0 Å². The van der Waals surface area contributed by atoms with Crippen LogP contribution in [-0.4, -0.2) is 14.9 Å². The molecule has 0 unspecified atom stereocenters. The van der Waals surface area contributed by atoms with Gasteiger partial charge in [0.1, 0.15) is 0 Å². The maximum atomic E-state index is 11.2. The maximum absolute atomic E-state index is 11.2. The summed E-state index contributed by atoms with van der Waals surface area (Å²) in [5.41, 5.74) is 8.72. The minimum Gasteiger partial charge on any atom is -0.381 e. The van der Waals surface area contributed by atoms with Gasteiger partial charge < -0.3 is 5.73 Å². The molecule has 2 N–H and O–H groups in total. The van der Waals surface area contributed by atoms with Crippen molar-refractivity contribution in [3.05, 3.63) is 85.8 Å². The first-order valence-corrected chi connectivity index (χ1v) is 10.0. The third-order valence-corrected chi connectivity index (χ3v) is 5.30. The van der Waals surface area contributed by atoms with Gasteiger partial charge in [-0.05, 0) is 54.6 Å². The van der Waals surface area contributed by atoms with E-state index >= 15 is 0 Å². The van der Waals surface area contributed by atoms with Crippen LogP contribution in [0.2, 0.25) is 0 Å². The first kappa shape index (κ1) is 19.3. The molecule has 1 aromatic heterocycles. The third-order valence-electron chi connectivity index (χ3n) is 4.25. The van der Waals surface area contributed by atoms with E-state index in [1.807, 2.05) is 53.4 Å². The first-order valence-electron chi connectivity index (χ1n) is 8.45. The van der Waals surface area contributed by atoms with Crippen molar-refractivity contribution in [1.82, 2.24) is 9.97 Å². The molecule has 0 aliphatic rings. The zero-order valence-corrected chi connectivity index (χ0v) is 18.0. The average molecular weight is 515 g/mol. The summed E-state index contributed by atoms with van der Waals surface area (Å²) in [6, 6.07) is 19.7. The van der Waals surface area contributed by atoms with Crippen molar-refractivity contribution in [3.8, 4) is 0 Å². The van der Waals surface area contributed by atoms with E-state index in [1.54, 1.807) is 6.07 Å². The summed E-state index contributed by atoms with van der Waals surface area (Å²) in [4.78, 5) is 21.6. The molecule has 3 aromatic carbocycles. The van der Waals surface area contributed by atoms with E-state index in [0.29, 0.717) is 16.9 Å². The molecule has 4 rings (SSSR count). The second-order valence-corrected chi connectivity index (χ2v) is 7.98. The van der Waals surface area contributed by atoms with Crippen molar-refractivity contribution in [2.24, 2.45) is 0 Å². The summed E-state index contributed by atoms with van der Waals surface area (Å²) in [6.07, 6.45) is 0. The number of rotatable bonds is 4. The van der Waals surface area contributed by atoms with Crippen molar-refractivity contribution >= 4 is 71.6 Å². The Morgan fingerprint density at radius 3 is 1.90 bits per heavy atom.